The third-order valence-corrected chi connectivity index (χ3v) is 9.07. The van der Waals surface area contributed by atoms with Gasteiger partial charge in [-0.1, -0.05) is 18.2 Å². The van der Waals surface area contributed by atoms with E-state index < -0.39 is 41.1 Å². The van der Waals surface area contributed by atoms with Crippen LogP contribution in [0, 0.1) is 30.3 Å². The monoisotopic (exact) mass is 1140 g/mol. The Morgan fingerprint density at radius 2 is 0.870 bits per heavy atom. The Kier molecular flexibility index (Phi) is 27.5. The summed E-state index contributed by atoms with van der Waals surface area (Å²) in [5.74, 6) is 0.272. The fraction of sp³-hybridized carbons (Fsp3) is 0.0851. The fourth-order valence-electron chi connectivity index (χ4n) is 5.40. The van der Waals surface area contributed by atoms with Crippen LogP contribution in [-0.2, 0) is 9.23 Å². The molecule has 0 radical (unpaired) electrons. The van der Waals surface area contributed by atoms with Crippen LogP contribution in [0.5, 0.6) is 23.0 Å². The summed E-state index contributed by atoms with van der Waals surface area (Å²) in [5.41, 5.74) is 11.1. The van der Waals surface area contributed by atoms with Gasteiger partial charge in [0, 0.05) is 74.8 Å². The molecule has 2 amide bonds. The van der Waals surface area contributed by atoms with Gasteiger partial charge in [-0.3, -0.25) is 44.7 Å². The van der Waals surface area contributed by atoms with Crippen molar-refractivity contribution in [2.24, 2.45) is 0 Å². The molecule has 7 aromatic rings. The second kappa shape index (κ2) is 33.3. The van der Waals surface area contributed by atoms with E-state index in [2.05, 4.69) is 47.0 Å². The van der Waals surface area contributed by atoms with Gasteiger partial charge in [-0.25, -0.2) is 24.0 Å². The van der Waals surface area contributed by atoms with E-state index in [-0.39, 0.29) is 56.9 Å². The molecule has 77 heavy (non-hydrogen) atoms. The van der Waals surface area contributed by atoms with Crippen molar-refractivity contribution in [3.8, 4) is 23.0 Å². The van der Waals surface area contributed by atoms with E-state index in [1.165, 1.54) is 71.0 Å². The minimum Gasteiger partial charge on any atom is -0.495 e. The molecule has 0 fully saturated rings. The third kappa shape index (κ3) is 22.6. The average Bonchev–Trinajstić information content (AvgIpc) is 3.41. The number of carboxylic acids is 1. The number of nitrogens with two attached hydrogens (primary N) is 2. The SMILES string of the molecule is COc1ccc(C(=O)Cl)cc1[N+](=O)[O-].COc1ccc(C(=O)Nc2ccccn2)cc1N.COc1ccc(C(=O)Nc2ccccn2)cc1[N+](=O)[O-].COc1ccc(C(=O)O)cc1[N+](=O)[O-].Nc1ccccn1.O=S(Cl)Cl. The number of rotatable bonds is 13. The molecule has 7 N–H and O–H groups in total. The van der Waals surface area contributed by atoms with Crippen LogP contribution in [0.4, 0.5) is 40.2 Å². The molecule has 0 aliphatic carbocycles. The fourth-order valence-corrected chi connectivity index (χ4v) is 5.51. The summed E-state index contributed by atoms with van der Waals surface area (Å²) < 4.78 is 28.4. The number of hydrogen-bond donors (Lipinski definition) is 5. The molecule has 0 aliphatic heterocycles. The number of nitro groups is 3. The number of nitrogens with one attached hydrogen (secondary N) is 2. The van der Waals surface area contributed by atoms with Crippen molar-refractivity contribution >= 4 is 105 Å². The molecular formula is C47H43Cl3N10O16S. The number of ether oxygens (including phenoxy) is 4. The van der Waals surface area contributed by atoms with Gasteiger partial charge in [0.25, 0.3) is 17.1 Å². The number of hydrogen-bond acceptors (Lipinski definition) is 20. The van der Waals surface area contributed by atoms with E-state index in [1.54, 1.807) is 73.1 Å². The summed E-state index contributed by atoms with van der Waals surface area (Å²) in [6.07, 6.45) is 4.80. The zero-order valence-electron chi connectivity index (χ0n) is 40.3. The number of carbonyl (C=O) groups excluding carboxylic acids is 3. The van der Waals surface area contributed by atoms with Crippen LogP contribution in [0.25, 0.3) is 0 Å². The number of methoxy groups -OCH3 is 4. The maximum atomic E-state index is 12.0. The smallest absolute Gasteiger partial charge is 0.335 e. The molecule has 3 aromatic heterocycles. The Labute approximate surface area is 452 Å². The molecule has 26 nitrogen and oxygen atoms in total. The molecule has 0 bridgehead atoms. The maximum Gasteiger partial charge on any atom is 0.335 e. The van der Waals surface area contributed by atoms with Gasteiger partial charge >= 0.3 is 23.0 Å². The minimum absolute atomic E-state index is 0.0417. The molecule has 0 spiro atoms. The van der Waals surface area contributed by atoms with Gasteiger partial charge in [0.05, 0.1) is 54.5 Å². The van der Waals surface area contributed by atoms with Crippen molar-refractivity contribution in [2.75, 3.05) is 50.5 Å². The number of aromatic nitrogens is 3. The number of pyridine rings is 3. The second-order valence-corrected chi connectivity index (χ2v) is 16.6. The summed E-state index contributed by atoms with van der Waals surface area (Å²) in [6.45, 7) is 0. The highest BCUT2D eigenvalue weighted by molar-refractivity contribution is 8.26. The van der Waals surface area contributed by atoms with E-state index in [0.717, 1.165) is 18.2 Å². The Bertz CT molecular complexity index is 3080. The van der Waals surface area contributed by atoms with E-state index in [4.69, 9.17) is 51.3 Å². The number of nitrogens with zero attached hydrogens (tertiary/aromatic N) is 6. The molecule has 0 unspecified atom stereocenters. The number of carbonyl (C=O) groups is 4. The first-order valence-electron chi connectivity index (χ1n) is 20.8. The highest BCUT2D eigenvalue weighted by Gasteiger charge is 2.20. The largest absolute Gasteiger partial charge is 0.495 e. The lowest BCUT2D eigenvalue weighted by molar-refractivity contribution is -0.385. The number of amides is 2. The van der Waals surface area contributed by atoms with Crippen LogP contribution in [-0.4, -0.2) is 90.5 Å². The van der Waals surface area contributed by atoms with Gasteiger partial charge in [0.2, 0.25) is 9.23 Å². The zero-order chi connectivity index (χ0) is 57.6. The van der Waals surface area contributed by atoms with Crippen molar-refractivity contribution in [1.82, 2.24) is 15.0 Å². The Hall–Kier alpha value is -9.57. The molecule has 0 atom stereocenters. The lowest BCUT2D eigenvalue weighted by Crippen LogP contribution is -2.13. The number of nitrogen functional groups attached to an aromatic ring is 2. The van der Waals surface area contributed by atoms with Crippen LogP contribution in [0.1, 0.15) is 41.4 Å². The number of benzene rings is 4. The molecule has 404 valence electrons. The van der Waals surface area contributed by atoms with Gasteiger partial charge in [0.1, 0.15) is 23.2 Å². The predicted octanol–water partition coefficient (Wildman–Crippen LogP) is 9.17. The first kappa shape index (κ1) is 63.5. The molecule has 0 aliphatic rings. The van der Waals surface area contributed by atoms with Crippen LogP contribution in [0.3, 0.4) is 0 Å². The Morgan fingerprint density at radius 3 is 1.17 bits per heavy atom. The Morgan fingerprint density at radius 1 is 0.532 bits per heavy atom. The lowest BCUT2D eigenvalue weighted by atomic mass is 10.1. The first-order valence-corrected chi connectivity index (χ1v) is 23.9. The predicted molar refractivity (Wildman–Crippen MR) is 286 cm³/mol. The first-order chi connectivity index (χ1) is 36.6. The van der Waals surface area contributed by atoms with Crippen molar-refractivity contribution in [3.63, 3.8) is 0 Å². The van der Waals surface area contributed by atoms with Gasteiger partial charge < -0.3 is 46.2 Å². The molecule has 3 heterocycles. The standard InChI is InChI=1S/C13H11N3O4.C13H13N3O2.C8H6ClNO4.C8H7NO5.C5H6N2.Cl2OS/c1-20-11-6-5-9(8-10(11)16(18)19)13(17)15-12-4-2-3-7-14-12;1-18-11-6-5-9(8-10(11)14)13(17)16-12-4-2-3-7-15-12;1-14-7-3-2-5(8(9)11)4-6(7)10(12)13;1-14-7-3-2-5(8(10)11)4-6(7)9(12)13;6-5-3-1-2-4-7-5;1-4(2)3/h2-8H,1H3,(H,14,15,17);2-8H,14H2,1H3,(H,15,16,17);2-4H,1H3;2-4H,1H3,(H,10,11);1-4H,(H2,6,7);. The number of carboxylic acid groups (broad SMARTS) is 1. The molecule has 30 heteroatoms. The quantitative estimate of drug-likeness (QED) is 0.0311. The van der Waals surface area contributed by atoms with Crippen molar-refractivity contribution in [2.45, 2.75) is 0 Å². The molecule has 0 saturated carbocycles. The van der Waals surface area contributed by atoms with Crippen molar-refractivity contribution in [1.29, 1.82) is 0 Å². The van der Waals surface area contributed by atoms with Crippen LogP contribution >= 0.6 is 33.0 Å². The molecule has 4 aromatic carbocycles. The van der Waals surface area contributed by atoms with Crippen LogP contribution < -0.4 is 41.0 Å². The van der Waals surface area contributed by atoms with E-state index in [1.807, 2.05) is 12.1 Å². The van der Waals surface area contributed by atoms with Gasteiger partial charge in [-0.05, 0) is 103 Å². The molecule has 7 rings (SSSR count). The lowest BCUT2D eigenvalue weighted by Gasteiger charge is -2.07. The van der Waals surface area contributed by atoms with Crippen LogP contribution in [0.2, 0.25) is 0 Å². The number of aromatic carboxylic acids is 1. The highest BCUT2D eigenvalue weighted by atomic mass is 36.0. The highest BCUT2D eigenvalue weighted by Crippen LogP contribution is 2.30. The van der Waals surface area contributed by atoms with Crippen LogP contribution in [0.15, 0.2) is 146 Å². The summed E-state index contributed by atoms with van der Waals surface area (Å²) in [7, 11) is 12.8. The van der Waals surface area contributed by atoms with Gasteiger partial charge in [-0.2, -0.15) is 0 Å². The number of halogens is 3. The van der Waals surface area contributed by atoms with Crippen molar-refractivity contribution in [3.05, 3.63) is 199 Å². The summed E-state index contributed by atoms with van der Waals surface area (Å²) >= 11 is 5.17. The van der Waals surface area contributed by atoms with E-state index in [9.17, 15) is 49.5 Å². The summed E-state index contributed by atoms with van der Waals surface area (Å²) in [6, 6.07) is 31.9. The minimum atomic E-state index is -1.67. The van der Waals surface area contributed by atoms with Crippen molar-refractivity contribution < 1.29 is 62.2 Å². The average molecular weight is 1140 g/mol. The maximum absolute atomic E-state index is 12.0. The second-order valence-electron chi connectivity index (χ2n) is 13.7. The number of anilines is 4. The van der Waals surface area contributed by atoms with Gasteiger partial charge in [-0.15, -0.1) is 0 Å². The summed E-state index contributed by atoms with van der Waals surface area (Å²) in [4.78, 5) is 86.8. The van der Waals surface area contributed by atoms with E-state index in [0.29, 0.717) is 34.5 Å². The third-order valence-electron chi connectivity index (χ3n) is 8.86. The zero-order valence-corrected chi connectivity index (χ0v) is 43.4. The van der Waals surface area contributed by atoms with E-state index >= 15 is 0 Å². The molecular weight excluding hydrogens is 1100 g/mol. The molecule has 0 saturated heterocycles. The Balaban J connectivity index is 0.000000332. The topological polar surface area (TPSA) is 387 Å². The summed E-state index contributed by atoms with van der Waals surface area (Å²) in [5, 5.41) is 45.0. The number of nitro benzene ring substituents is 3. The van der Waals surface area contributed by atoms with Gasteiger partial charge in [0.15, 0.2) is 17.2 Å². The normalized spacial score (nSPS) is 9.56.